The van der Waals surface area contributed by atoms with Crippen molar-refractivity contribution in [2.24, 2.45) is 0 Å². The zero-order valence-electron chi connectivity index (χ0n) is 13.2. The zero-order chi connectivity index (χ0) is 15.9. The number of nitrogens with zero attached hydrogens (tertiary/aromatic N) is 1. The molecule has 1 aromatic carbocycles. The summed E-state index contributed by atoms with van der Waals surface area (Å²) in [5.74, 6) is 0.0247. The van der Waals surface area contributed by atoms with E-state index in [1.54, 1.807) is 0 Å². The van der Waals surface area contributed by atoms with Crippen LogP contribution >= 0.6 is 0 Å². The third-order valence-electron chi connectivity index (χ3n) is 5.33. The Hall–Kier alpha value is -0.950. The fourth-order valence-electron chi connectivity index (χ4n) is 3.86. The highest BCUT2D eigenvalue weighted by Gasteiger charge is 2.44. The Balaban J connectivity index is 1.44. The summed E-state index contributed by atoms with van der Waals surface area (Å²) in [7, 11) is -3.47. The van der Waals surface area contributed by atoms with Gasteiger partial charge in [0.05, 0.1) is 30.6 Å². The van der Waals surface area contributed by atoms with E-state index >= 15 is 0 Å². The lowest BCUT2D eigenvalue weighted by atomic mass is 9.74. The van der Waals surface area contributed by atoms with Gasteiger partial charge in [-0.05, 0) is 49.7 Å². The van der Waals surface area contributed by atoms with Gasteiger partial charge in [0.15, 0.2) is 0 Å². The Morgan fingerprint density at radius 3 is 2.61 bits per heavy atom. The van der Waals surface area contributed by atoms with Crippen LogP contribution < -0.4 is 0 Å². The van der Waals surface area contributed by atoms with Crippen LogP contribution in [0.2, 0.25) is 0 Å². The SMILES string of the molecule is O=S(=O)(CC1CCCC2(CCC2)O1)N1Cc2ccccc2CO1. The third kappa shape index (κ3) is 3.05. The molecule has 5 nitrogen and oxygen atoms in total. The molecule has 6 heteroatoms. The second kappa shape index (κ2) is 5.84. The minimum atomic E-state index is -3.47. The van der Waals surface area contributed by atoms with Crippen LogP contribution in [0.3, 0.4) is 0 Å². The van der Waals surface area contributed by atoms with Crippen molar-refractivity contribution in [1.29, 1.82) is 0 Å². The molecule has 126 valence electrons. The van der Waals surface area contributed by atoms with E-state index in [2.05, 4.69) is 0 Å². The third-order valence-corrected chi connectivity index (χ3v) is 6.98. The van der Waals surface area contributed by atoms with Gasteiger partial charge in [0.2, 0.25) is 10.0 Å². The van der Waals surface area contributed by atoms with Crippen molar-refractivity contribution < 1.29 is 18.0 Å². The van der Waals surface area contributed by atoms with Crippen molar-refractivity contribution >= 4 is 10.0 Å². The van der Waals surface area contributed by atoms with E-state index in [0.717, 1.165) is 47.7 Å². The van der Waals surface area contributed by atoms with Gasteiger partial charge in [0, 0.05) is 0 Å². The van der Waals surface area contributed by atoms with Crippen molar-refractivity contribution in [2.45, 2.75) is 63.4 Å². The normalized spacial score (nSPS) is 27.4. The molecule has 1 atom stereocenters. The molecule has 4 rings (SSSR count). The molecule has 1 aliphatic carbocycles. The molecule has 0 N–H and O–H groups in total. The highest BCUT2D eigenvalue weighted by molar-refractivity contribution is 7.88. The minimum Gasteiger partial charge on any atom is -0.371 e. The molecule has 0 bridgehead atoms. The minimum absolute atomic E-state index is 0.0200. The van der Waals surface area contributed by atoms with Crippen LogP contribution in [0.25, 0.3) is 0 Å². The van der Waals surface area contributed by atoms with Crippen molar-refractivity contribution in [3.63, 3.8) is 0 Å². The monoisotopic (exact) mass is 337 g/mol. The first-order valence-corrected chi connectivity index (χ1v) is 10.1. The second-order valence-electron chi connectivity index (χ2n) is 6.95. The molecule has 1 unspecified atom stereocenters. The summed E-state index contributed by atoms with van der Waals surface area (Å²) in [5.41, 5.74) is 2.05. The molecule has 1 saturated heterocycles. The number of ether oxygens (including phenoxy) is 1. The first kappa shape index (κ1) is 15.6. The lowest BCUT2D eigenvalue weighted by Crippen LogP contribution is -2.49. The van der Waals surface area contributed by atoms with E-state index < -0.39 is 10.0 Å². The number of hydroxylamine groups is 1. The predicted molar refractivity (Wildman–Crippen MR) is 85.9 cm³/mol. The van der Waals surface area contributed by atoms with Gasteiger partial charge in [-0.1, -0.05) is 28.7 Å². The maximum absolute atomic E-state index is 12.7. The van der Waals surface area contributed by atoms with Gasteiger partial charge in [-0.15, -0.1) is 0 Å². The maximum atomic E-state index is 12.7. The van der Waals surface area contributed by atoms with E-state index in [0.29, 0.717) is 6.61 Å². The second-order valence-corrected chi connectivity index (χ2v) is 8.85. The summed E-state index contributed by atoms with van der Waals surface area (Å²) in [5, 5.41) is 0. The largest absolute Gasteiger partial charge is 0.371 e. The Bertz CT molecular complexity index is 684. The lowest BCUT2D eigenvalue weighted by molar-refractivity contribution is -0.163. The van der Waals surface area contributed by atoms with Crippen molar-refractivity contribution in [3.8, 4) is 0 Å². The number of sulfonamides is 1. The fourth-order valence-corrected chi connectivity index (χ4v) is 5.28. The molecule has 2 fully saturated rings. The average molecular weight is 337 g/mol. The highest BCUT2D eigenvalue weighted by atomic mass is 32.2. The molecule has 3 aliphatic rings. The molecule has 0 radical (unpaired) electrons. The summed E-state index contributed by atoms with van der Waals surface area (Å²) >= 11 is 0. The Labute approximate surface area is 137 Å². The number of hydrogen-bond donors (Lipinski definition) is 0. The van der Waals surface area contributed by atoms with Crippen LogP contribution in [0, 0.1) is 0 Å². The average Bonchev–Trinajstić information content (AvgIpc) is 2.53. The summed E-state index contributed by atoms with van der Waals surface area (Å²) in [6.45, 7) is 0.598. The molecule has 2 heterocycles. The molecule has 0 amide bonds. The molecule has 23 heavy (non-hydrogen) atoms. The van der Waals surface area contributed by atoms with E-state index in [-0.39, 0.29) is 24.0 Å². The smallest absolute Gasteiger partial charge is 0.238 e. The lowest BCUT2D eigenvalue weighted by Gasteiger charge is -2.47. The van der Waals surface area contributed by atoms with Gasteiger partial charge < -0.3 is 4.74 Å². The van der Waals surface area contributed by atoms with Gasteiger partial charge in [0.1, 0.15) is 0 Å². The summed E-state index contributed by atoms with van der Waals surface area (Å²) in [6, 6.07) is 7.81. The van der Waals surface area contributed by atoms with E-state index in [9.17, 15) is 8.42 Å². The number of fused-ring (bicyclic) bond motifs is 1. The molecule has 2 aliphatic heterocycles. The van der Waals surface area contributed by atoms with Crippen LogP contribution in [-0.2, 0) is 32.7 Å². The quantitative estimate of drug-likeness (QED) is 0.851. The van der Waals surface area contributed by atoms with Gasteiger partial charge in [-0.2, -0.15) is 0 Å². The highest BCUT2D eigenvalue weighted by Crippen LogP contribution is 2.44. The molecule has 1 saturated carbocycles. The van der Waals surface area contributed by atoms with Gasteiger partial charge in [-0.25, -0.2) is 8.42 Å². The molecule has 0 aromatic heterocycles. The zero-order valence-corrected chi connectivity index (χ0v) is 14.1. The Morgan fingerprint density at radius 2 is 1.87 bits per heavy atom. The van der Waals surface area contributed by atoms with Crippen LogP contribution in [0.4, 0.5) is 0 Å². The van der Waals surface area contributed by atoms with Crippen molar-refractivity contribution in [2.75, 3.05) is 5.75 Å². The van der Waals surface area contributed by atoms with Crippen LogP contribution in [0.15, 0.2) is 24.3 Å². The number of benzene rings is 1. The summed E-state index contributed by atoms with van der Waals surface area (Å²) < 4.78 is 32.7. The molecule has 1 aromatic rings. The standard InChI is InChI=1S/C17H23NO4S/c19-23(20,13-16-7-3-8-17(22-16)9-4-10-17)18-11-14-5-1-2-6-15(14)12-21-18/h1-2,5-6,16H,3-4,7-13H2. The summed E-state index contributed by atoms with van der Waals surface area (Å²) in [4.78, 5) is 5.49. The van der Waals surface area contributed by atoms with Gasteiger partial charge in [-0.3, -0.25) is 4.84 Å². The maximum Gasteiger partial charge on any atom is 0.238 e. The van der Waals surface area contributed by atoms with Crippen molar-refractivity contribution in [1.82, 2.24) is 4.47 Å². The topological polar surface area (TPSA) is 55.8 Å². The van der Waals surface area contributed by atoms with Crippen LogP contribution in [0.1, 0.15) is 49.7 Å². The first-order chi connectivity index (χ1) is 11.1. The van der Waals surface area contributed by atoms with E-state index in [4.69, 9.17) is 9.57 Å². The Kier molecular flexibility index (Phi) is 3.96. The summed E-state index contributed by atoms with van der Waals surface area (Å²) in [6.07, 6.45) is 6.13. The molecular formula is C17H23NO4S. The molecule has 1 spiro atoms. The fraction of sp³-hybridized carbons (Fsp3) is 0.647. The molecular weight excluding hydrogens is 314 g/mol. The van der Waals surface area contributed by atoms with Gasteiger partial charge >= 0.3 is 0 Å². The van der Waals surface area contributed by atoms with Crippen LogP contribution in [-0.4, -0.2) is 30.3 Å². The predicted octanol–water partition coefficient (Wildman–Crippen LogP) is 2.76. The number of hydrogen-bond acceptors (Lipinski definition) is 4. The van der Waals surface area contributed by atoms with Crippen LogP contribution in [0.5, 0.6) is 0 Å². The van der Waals surface area contributed by atoms with E-state index in [1.165, 1.54) is 6.42 Å². The number of rotatable bonds is 3. The first-order valence-electron chi connectivity index (χ1n) is 8.44. The van der Waals surface area contributed by atoms with E-state index in [1.807, 2.05) is 24.3 Å². The van der Waals surface area contributed by atoms with Gasteiger partial charge in [0.25, 0.3) is 0 Å². The van der Waals surface area contributed by atoms with Crippen molar-refractivity contribution in [3.05, 3.63) is 35.4 Å². The Morgan fingerprint density at radius 1 is 1.13 bits per heavy atom.